The number of hydrogen-bond acceptors (Lipinski definition) is 3. The van der Waals surface area contributed by atoms with Crippen LogP contribution in [-0.2, 0) is 9.59 Å². The molecule has 0 spiro atoms. The zero-order chi connectivity index (χ0) is 11.6. The standard InChI is InChI=1S/C9H15N3O2S/c1-2-5(8(11)15)9(14)12-4-3-6(12)7(10)13/h5-6H,2-4H2,1H3,(H2,10,13)(H2,11,15). The van der Waals surface area contributed by atoms with Crippen molar-refractivity contribution in [3.63, 3.8) is 0 Å². The van der Waals surface area contributed by atoms with E-state index in [-0.39, 0.29) is 10.9 Å². The Kier molecular flexibility index (Phi) is 3.62. The predicted molar refractivity (Wildman–Crippen MR) is 59.9 cm³/mol. The minimum absolute atomic E-state index is 0.178. The number of nitrogens with zero attached hydrogens (tertiary/aromatic N) is 1. The van der Waals surface area contributed by atoms with Gasteiger partial charge in [0.15, 0.2) is 0 Å². The second-order valence-corrected chi connectivity index (χ2v) is 4.07. The molecule has 1 aliphatic heterocycles. The molecule has 2 amide bonds. The SMILES string of the molecule is CCC(C(=O)N1CCC1C(N)=O)C(N)=S. The fourth-order valence-electron chi connectivity index (χ4n) is 1.64. The molecular formula is C9H15N3O2S. The highest BCUT2D eigenvalue weighted by molar-refractivity contribution is 7.80. The molecule has 84 valence electrons. The molecule has 0 aromatic rings. The summed E-state index contributed by atoms with van der Waals surface area (Å²) in [7, 11) is 0. The molecule has 0 aromatic heterocycles. The first-order chi connectivity index (χ1) is 6.99. The summed E-state index contributed by atoms with van der Waals surface area (Å²) in [5.41, 5.74) is 10.6. The summed E-state index contributed by atoms with van der Waals surface area (Å²) in [5.74, 6) is -1.12. The van der Waals surface area contributed by atoms with E-state index in [9.17, 15) is 9.59 Å². The Hall–Kier alpha value is -1.17. The third-order valence-corrected chi connectivity index (χ3v) is 2.97. The van der Waals surface area contributed by atoms with Crippen molar-refractivity contribution in [2.24, 2.45) is 17.4 Å². The molecule has 4 N–H and O–H groups in total. The molecule has 2 unspecified atom stereocenters. The van der Waals surface area contributed by atoms with Gasteiger partial charge in [-0.3, -0.25) is 9.59 Å². The van der Waals surface area contributed by atoms with Crippen LogP contribution >= 0.6 is 12.2 Å². The van der Waals surface area contributed by atoms with Crippen LogP contribution < -0.4 is 11.5 Å². The Labute approximate surface area is 93.8 Å². The van der Waals surface area contributed by atoms with Crippen molar-refractivity contribution in [2.75, 3.05) is 6.54 Å². The highest BCUT2D eigenvalue weighted by Crippen LogP contribution is 2.21. The Morgan fingerprint density at radius 3 is 2.40 bits per heavy atom. The molecule has 1 aliphatic rings. The quantitative estimate of drug-likeness (QED) is 0.629. The van der Waals surface area contributed by atoms with Crippen LogP contribution in [0.1, 0.15) is 19.8 Å². The maximum absolute atomic E-state index is 11.9. The van der Waals surface area contributed by atoms with Crippen LogP contribution in [0, 0.1) is 5.92 Å². The third kappa shape index (κ3) is 2.26. The van der Waals surface area contributed by atoms with E-state index >= 15 is 0 Å². The summed E-state index contributed by atoms with van der Waals surface area (Å²) in [4.78, 5) is 24.4. The lowest BCUT2D eigenvalue weighted by molar-refractivity contribution is -0.147. The number of carbonyl (C=O) groups excluding carboxylic acids is 2. The largest absolute Gasteiger partial charge is 0.393 e. The Morgan fingerprint density at radius 2 is 2.13 bits per heavy atom. The summed E-state index contributed by atoms with van der Waals surface area (Å²) in [5, 5.41) is 0. The maximum Gasteiger partial charge on any atom is 0.240 e. The van der Waals surface area contributed by atoms with Crippen LogP contribution in [0.15, 0.2) is 0 Å². The molecule has 0 aromatic carbocycles. The van der Waals surface area contributed by atoms with Crippen molar-refractivity contribution < 1.29 is 9.59 Å². The van der Waals surface area contributed by atoms with Gasteiger partial charge in [0, 0.05) is 6.54 Å². The highest BCUT2D eigenvalue weighted by Gasteiger charge is 2.39. The number of nitrogens with two attached hydrogens (primary N) is 2. The second kappa shape index (κ2) is 4.57. The fraction of sp³-hybridized carbons (Fsp3) is 0.667. The molecule has 1 heterocycles. The van der Waals surface area contributed by atoms with Crippen LogP contribution in [0.3, 0.4) is 0 Å². The van der Waals surface area contributed by atoms with Gasteiger partial charge in [-0.15, -0.1) is 0 Å². The normalized spacial score (nSPS) is 21.7. The fourth-order valence-corrected chi connectivity index (χ4v) is 1.91. The minimum atomic E-state index is -0.471. The number of carbonyl (C=O) groups is 2. The molecule has 0 aliphatic carbocycles. The number of primary amides is 1. The van der Waals surface area contributed by atoms with Crippen molar-refractivity contribution in [1.82, 2.24) is 4.90 Å². The van der Waals surface area contributed by atoms with Gasteiger partial charge in [-0.25, -0.2) is 0 Å². The average Bonchev–Trinajstić information content (AvgIpc) is 2.00. The molecule has 5 nitrogen and oxygen atoms in total. The summed E-state index contributed by atoms with van der Waals surface area (Å²) in [6.45, 7) is 2.40. The lowest BCUT2D eigenvalue weighted by atomic mass is 9.97. The average molecular weight is 229 g/mol. The van der Waals surface area contributed by atoms with E-state index in [1.54, 1.807) is 0 Å². The topological polar surface area (TPSA) is 89.4 Å². The number of rotatable bonds is 4. The van der Waals surface area contributed by atoms with Gasteiger partial charge in [0.1, 0.15) is 6.04 Å². The lowest BCUT2D eigenvalue weighted by Crippen LogP contribution is -2.59. The van der Waals surface area contributed by atoms with Crippen molar-refractivity contribution in [3.05, 3.63) is 0 Å². The number of amides is 2. The smallest absolute Gasteiger partial charge is 0.240 e. The van der Waals surface area contributed by atoms with Gasteiger partial charge in [0.2, 0.25) is 11.8 Å². The minimum Gasteiger partial charge on any atom is -0.393 e. The Bertz CT molecular complexity index is 306. The molecule has 0 bridgehead atoms. The van der Waals surface area contributed by atoms with E-state index in [0.29, 0.717) is 19.4 Å². The third-order valence-electron chi connectivity index (χ3n) is 2.68. The number of thiocarbonyl (C=S) groups is 1. The van der Waals surface area contributed by atoms with E-state index in [1.807, 2.05) is 6.92 Å². The number of hydrogen-bond donors (Lipinski definition) is 2. The molecule has 1 fully saturated rings. The molecule has 0 saturated carbocycles. The van der Waals surface area contributed by atoms with Gasteiger partial charge < -0.3 is 16.4 Å². The first-order valence-corrected chi connectivity index (χ1v) is 5.29. The Balaban J connectivity index is 2.68. The van der Waals surface area contributed by atoms with E-state index in [2.05, 4.69) is 0 Å². The number of likely N-dealkylation sites (tertiary alicyclic amines) is 1. The van der Waals surface area contributed by atoms with Gasteiger partial charge in [0.25, 0.3) is 0 Å². The van der Waals surface area contributed by atoms with Crippen LogP contribution in [0.4, 0.5) is 0 Å². The van der Waals surface area contributed by atoms with Crippen LogP contribution in [0.5, 0.6) is 0 Å². The molecule has 1 rings (SSSR count). The summed E-state index contributed by atoms with van der Waals surface area (Å²) >= 11 is 4.80. The Morgan fingerprint density at radius 1 is 1.53 bits per heavy atom. The predicted octanol–water partition coefficient (Wildman–Crippen LogP) is -0.615. The zero-order valence-corrected chi connectivity index (χ0v) is 9.42. The van der Waals surface area contributed by atoms with Gasteiger partial charge >= 0.3 is 0 Å². The first kappa shape index (κ1) is 11.9. The zero-order valence-electron chi connectivity index (χ0n) is 8.60. The molecule has 6 heteroatoms. The van der Waals surface area contributed by atoms with E-state index in [0.717, 1.165) is 0 Å². The lowest BCUT2D eigenvalue weighted by Gasteiger charge is -2.40. The van der Waals surface area contributed by atoms with E-state index in [1.165, 1.54) is 4.90 Å². The van der Waals surface area contributed by atoms with Crippen LogP contribution in [-0.4, -0.2) is 34.3 Å². The summed E-state index contributed by atoms with van der Waals surface area (Å²) < 4.78 is 0. The van der Waals surface area contributed by atoms with Crippen LogP contribution in [0.2, 0.25) is 0 Å². The molecule has 2 atom stereocenters. The van der Waals surface area contributed by atoms with Gasteiger partial charge in [-0.05, 0) is 12.8 Å². The van der Waals surface area contributed by atoms with E-state index < -0.39 is 17.9 Å². The van der Waals surface area contributed by atoms with Gasteiger partial charge in [-0.1, -0.05) is 19.1 Å². The highest BCUT2D eigenvalue weighted by atomic mass is 32.1. The monoisotopic (exact) mass is 229 g/mol. The summed E-state index contributed by atoms with van der Waals surface area (Å²) in [6, 6.07) is -0.471. The van der Waals surface area contributed by atoms with Crippen LogP contribution in [0.25, 0.3) is 0 Å². The van der Waals surface area contributed by atoms with Crippen molar-refractivity contribution >= 4 is 29.0 Å². The molecule has 1 saturated heterocycles. The van der Waals surface area contributed by atoms with Crippen molar-refractivity contribution in [3.8, 4) is 0 Å². The van der Waals surface area contributed by atoms with Gasteiger partial charge in [0.05, 0.1) is 10.9 Å². The molecule has 0 radical (unpaired) electrons. The molecule has 15 heavy (non-hydrogen) atoms. The first-order valence-electron chi connectivity index (χ1n) is 4.88. The van der Waals surface area contributed by atoms with Crippen molar-refractivity contribution in [1.29, 1.82) is 0 Å². The molecular weight excluding hydrogens is 214 g/mol. The van der Waals surface area contributed by atoms with Crippen molar-refractivity contribution in [2.45, 2.75) is 25.8 Å². The second-order valence-electron chi connectivity index (χ2n) is 3.60. The summed E-state index contributed by atoms with van der Waals surface area (Å²) in [6.07, 6.45) is 1.19. The van der Waals surface area contributed by atoms with E-state index in [4.69, 9.17) is 23.7 Å². The maximum atomic E-state index is 11.9. The van der Waals surface area contributed by atoms with Gasteiger partial charge in [-0.2, -0.15) is 0 Å².